The van der Waals surface area contributed by atoms with Crippen LogP contribution in [0.1, 0.15) is 50.7 Å². The van der Waals surface area contributed by atoms with Gasteiger partial charge in [0.1, 0.15) is 16.2 Å². The van der Waals surface area contributed by atoms with Gasteiger partial charge in [0, 0.05) is 79.3 Å². The number of para-hydroxylation sites is 2. The summed E-state index contributed by atoms with van der Waals surface area (Å²) in [4.78, 5) is 4.69. The van der Waals surface area contributed by atoms with Gasteiger partial charge >= 0.3 is 0 Å². The Bertz CT molecular complexity index is 2970. The highest BCUT2D eigenvalue weighted by molar-refractivity contribution is 7.99. The molecule has 0 spiro atoms. The summed E-state index contributed by atoms with van der Waals surface area (Å²) in [5.41, 5.74) is 8.35. The van der Waals surface area contributed by atoms with Gasteiger partial charge in [-0.05, 0) is 85.8 Å². The van der Waals surface area contributed by atoms with Crippen LogP contribution in [0.4, 0.5) is 17.1 Å². The molecule has 0 unspecified atom stereocenters. The Morgan fingerprint density at radius 2 is 1.25 bits per heavy atom. The van der Waals surface area contributed by atoms with Crippen molar-refractivity contribution in [3.63, 3.8) is 0 Å². The van der Waals surface area contributed by atoms with Crippen LogP contribution in [0.5, 0.6) is 0 Å². The molecule has 0 atom stereocenters. The Kier molecular flexibility index (Phi) is 15.0. The quantitative estimate of drug-likeness (QED) is 0.0375. The molecule has 6 aromatic rings. The highest BCUT2D eigenvalue weighted by atomic mass is 32.2. The minimum absolute atomic E-state index is 0.147. The average molecular weight is 904 g/mol. The van der Waals surface area contributed by atoms with Crippen molar-refractivity contribution in [1.29, 1.82) is 0 Å². The maximum atomic E-state index is 13.0. The van der Waals surface area contributed by atoms with Crippen molar-refractivity contribution in [3.8, 4) is 22.5 Å². The van der Waals surface area contributed by atoms with Gasteiger partial charge in [0.05, 0.1) is 11.8 Å². The molecule has 6 aromatic carbocycles. The van der Waals surface area contributed by atoms with Gasteiger partial charge in [-0.1, -0.05) is 118 Å². The molecule has 0 saturated carbocycles. The maximum absolute atomic E-state index is 13.0. The monoisotopic (exact) mass is 903 g/mol. The molecule has 64 heavy (non-hydrogen) atoms. The third-order valence-corrected chi connectivity index (χ3v) is 14.5. The van der Waals surface area contributed by atoms with E-state index in [9.17, 15) is 13.0 Å². The number of hydrogen-bond donors (Lipinski definition) is 1. The molecule has 326 valence electrons. The zero-order valence-electron chi connectivity index (χ0n) is 36.5. The van der Waals surface area contributed by atoms with Crippen LogP contribution in [0.15, 0.2) is 189 Å². The lowest BCUT2D eigenvalue weighted by Gasteiger charge is -2.28. The van der Waals surface area contributed by atoms with Crippen molar-refractivity contribution in [3.05, 3.63) is 186 Å². The number of hydrogen-bond acceptors (Lipinski definition) is 6. The van der Waals surface area contributed by atoms with E-state index in [1.54, 1.807) is 12.1 Å². The first-order chi connectivity index (χ1) is 31.3. The molecule has 0 amide bonds. The summed E-state index contributed by atoms with van der Waals surface area (Å²) >= 11 is 3.66. The Balaban J connectivity index is 1.34. The van der Waals surface area contributed by atoms with Gasteiger partial charge in [-0.2, -0.15) is 13.0 Å². The fourth-order valence-corrected chi connectivity index (χ4v) is 10.8. The Labute approximate surface area is 386 Å². The minimum Gasteiger partial charge on any atom is -0.456 e. The molecule has 2 aliphatic rings. The fourth-order valence-electron chi connectivity index (χ4n) is 8.42. The fraction of sp³-hybridized carbons (Fsp3) is 0.218. The summed E-state index contributed by atoms with van der Waals surface area (Å²) in [7, 11) is -4.58. The van der Waals surface area contributed by atoms with Crippen molar-refractivity contribution in [2.45, 2.75) is 67.1 Å². The molecule has 1 heterocycles. The lowest BCUT2D eigenvalue weighted by atomic mass is 9.93. The zero-order chi connectivity index (χ0) is 44.3. The van der Waals surface area contributed by atoms with Crippen molar-refractivity contribution >= 4 is 61.7 Å². The summed E-state index contributed by atoms with van der Waals surface area (Å²) < 4.78 is 46.1. The Morgan fingerprint density at radius 3 is 1.97 bits per heavy atom. The van der Waals surface area contributed by atoms with Gasteiger partial charge in [-0.15, -0.1) is 23.5 Å². The van der Waals surface area contributed by atoms with E-state index >= 15 is 0 Å². The largest absolute Gasteiger partial charge is 0.456 e. The first-order valence-electron chi connectivity index (χ1n) is 22.3. The average Bonchev–Trinajstić information content (AvgIpc) is 3.32. The van der Waals surface area contributed by atoms with Crippen LogP contribution in [0.25, 0.3) is 33.4 Å². The third kappa shape index (κ3) is 10.7. The zero-order valence-corrected chi connectivity index (χ0v) is 39.0. The molecule has 6 nitrogen and oxygen atoms in total. The summed E-state index contributed by atoms with van der Waals surface area (Å²) in [6, 6.07) is 57.5. The normalized spacial score (nSPS) is 12.2. The number of rotatable bonds is 19. The lowest BCUT2D eigenvalue weighted by Crippen LogP contribution is -2.28. The molecule has 0 radical (unpaired) electrons. The molecule has 0 aromatic heterocycles. The van der Waals surface area contributed by atoms with Gasteiger partial charge in [-0.25, -0.2) is 0 Å². The van der Waals surface area contributed by atoms with Crippen LogP contribution in [-0.2, 0) is 23.0 Å². The second-order valence-corrected chi connectivity index (χ2v) is 19.6. The molecule has 1 aliphatic heterocycles. The van der Waals surface area contributed by atoms with E-state index in [0.29, 0.717) is 22.5 Å². The van der Waals surface area contributed by atoms with Crippen LogP contribution in [0.3, 0.4) is 0 Å². The molecule has 0 bridgehead atoms. The smallest absolute Gasteiger partial charge is 0.295 e. The van der Waals surface area contributed by atoms with Crippen LogP contribution in [0, 0.1) is 0 Å². The van der Waals surface area contributed by atoms with Gasteiger partial charge in [-0.3, -0.25) is 4.55 Å². The molecule has 9 heteroatoms. The van der Waals surface area contributed by atoms with Gasteiger partial charge in [0.2, 0.25) is 11.0 Å². The summed E-state index contributed by atoms with van der Waals surface area (Å²) in [6.45, 7) is 5.95. The van der Waals surface area contributed by atoms with Crippen LogP contribution >= 0.6 is 23.5 Å². The first kappa shape index (κ1) is 45.0. The molecule has 0 saturated heterocycles. The van der Waals surface area contributed by atoms with E-state index in [1.165, 1.54) is 27.0 Å². The van der Waals surface area contributed by atoms with Crippen molar-refractivity contribution < 1.29 is 17.4 Å². The number of fused-ring (bicyclic) bond motifs is 2. The number of unbranched alkanes of at least 4 members (excludes halogenated alkanes) is 2. The second-order valence-electron chi connectivity index (χ2n) is 15.9. The second kappa shape index (κ2) is 21.4. The van der Waals surface area contributed by atoms with Crippen molar-refractivity contribution in [2.24, 2.45) is 0 Å². The molecular formula is C55H55N2O4S3+. The number of thioether (sulfide) groups is 2. The summed E-state index contributed by atoms with van der Waals surface area (Å²) in [5, 5.41) is 1.72. The minimum atomic E-state index is -4.58. The summed E-state index contributed by atoms with van der Waals surface area (Å²) in [5.74, 6) is 2.32. The molecule has 0 fully saturated rings. The molecule has 1 N–H and O–H groups in total. The summed E-state index contributed by atoms with van der Waals surface area (Å²) in [6.07, 6.45) is 6.32. The number of benzene rings is 7. The predicted octanol–water partition coefficient (Wildman–Crippen LogP) is 14.0. The van der Waals surface area contributed by atoms with E-state index in [0.717, 1.165) is 96.5 Å². The highest BCUT2D eigenvalue weighted by Crippen LogP contribution is 2.44. The third-order valence-electron chi connectivity index (χ3n) is 11.6. The van der Waals surface area contributed by atoms with Crippen molar-refractivity contribution in [2.75, 3.05) is 29.5 Å². The van der Waals surface area contributed by atoms with Crippen molar-refractivity contribution in [1.82, 2.24) is 4.58 Å². The van der Waals surface area contributed by atoms with E-state index in [-0.39, 0.29) is 4.90 Å². The van der Waals surface area contributed by atoms with Crippen LogP contribution in [-0.4, -0.2) is 37.6 Å². The number of anilines is 2. The highest BCUT2D eigenvalue weighted by Gasteiger charge is 2.26. The topological polar surface area (TPSA) is 73.8 Å². The Morgan fingerprint density at radius 1 is 0.625 bits per heavy atom. The standard InChI is InChI=1S/C55H54N2O4S3/c1-3-5-19-41-21-13-16-28-50(41)56(35-37-62-45-23-9-7-10-24-45)43-31-33-47-52(39-43)61-53-40-44(32-34-48(53)55(47)49-27-15-18-30-54(49)64(58,59)60)57(36-38-63-46-25-11-8-12-26-46)51-29-17-14-22-42(51)20-6-4-2/h7-18,21-34,39-40H,3-6,19-20,35-38H2,1-2H3/p+1. The van der Waals surface area contributed by atoms with Crippen LogP contribution in [0.2, 0.25) is 0 Å². The Hall–Kier alpha value is -5.58. The van der Waals surface area contributed by atoms with Crippen LogP contribution < -0.4 is 14.8 Å². The maximum Gasteiger partial charge on any atom is 0.295 e. The van der Waals surface area contributed by atoms with E-state index < -0.39 is 10.1 Å². The van der Waals surface area contributed by atoms with Gasteiger partial charge in [0.15, 0.2) is 6.54 Å². The van der Waals surface area contributed by atoms with Gasteiger partial charge in [0.25, 0.3) is 10.1 Å². The molecule has 8 rings (SSSR count). The first-order valence-corrected chi connectivity index (χ1v) is 25.7. The predicted molar refractivity (Wildman–Crippen MR) is 269 cm³/mol. The van der Waals surface area contributed by atoms with E-state index in [2.05, 4.69) is 145 Å². The molecule has 1 aliphatic carbocycles. The molecular weight excluding hydrogens is 849 g/mol. The lowest BCUT2D eigenvalue weighted by molar-refractivity contribution is 0.483. The van der Waals surface area contributed by atoms with Gasteiger partial charge < -0.3 is 9.32 Å². The van der Waals surface area contributed by atoms with E-state index in [1.807, 2.05) is 53.9 Å². The number of nitrogens with zero attached hydrogens (tertiary/aromatic N) is 2. The number of aryl methyl sites for hydroxylation is 2. The van der Waals surface area contributed by atoms with E-state index in [4.69, 9.17) is 4.42 Å². The SMILES string of the molecule is CCCCc1ccccc1N(CCSc1ccccc1)c1ccc2c(-c3ccccc3S(=O)(=O)O)c3ccc(=[N+](CCSc4ccccc4)c4ccccc4CCCC)cc-3oc2c1.